The smallest absolute Gasteiger partial charge is 0.284 e. The number of nitrogens with zero attached hydrogens (tertiary/aromatic N) is 3. The molecule has 1 aromatic carbocycles. The van der Waals surface area contributed by atoms with Crippen molar-refractivity contribution < 1.29 is 13.2 Å². The first-order chi connectivity index (χ1) is 14.2. The quantitative estimate of drug-likeness (QED) is 0.595. The Morgan fingerprint density at radius 3 is 2.57 bits per heavy atom. The molecule has 0 bridgehead atoms. The molecule has 0 saturated heterocycles. The molecule has 9 nitrogen and oxygen atoms in total. The largest absolute Gasteiger partial charge is 0.324 e. The van der Waals surface area contributed by atoms with Gasteiger partial charge in [-0.2, -0.15) is 5.26 Å². The lowest BCUT2D eigenvalue weighted by atomic mass is 10.2. The number of anilines is 2. The number of rotatable bonds is 6. The number of aromatic amines is 1. The molecule has 1 amide bonds. The van der Waals surface area contributed by atoms with Crippen LogP contribution in [0, 0.1) is 18.3 Å². The molecule has 30 heavy (non-hydrogen) atoms. The summed E-state index contributed by atoms with van der Waals surface area (Å²) in [4.78, 5) is 33.4. The molecule has 2 aromatic heterocycles. The molecule has 0 radical (unpaired) electrons. The van der Waals surface area contributed by atoms with Crippen LogP contribution in [0.1, 0.15) is 26.6 Å². The van der Waals surface area contributed by atoms with Crippen LogP contribution in [-0.2, 0) is 16.6 Å². The van der Waals surface area contributed by atoms with Crippen molar-refractivity contribution in [3.8, 4) is 6.07 Å². The molecule has 0 unspecified atom stereocenters. The molecular formula is C19H17N5O4S2. The summed E-state index contributed by atoms with van der Waals surface area (Å²) in [6, 6.07) is 13.6. The van der Waals surface area contributed by atoms with Crippen molar-refractivity contribution in [1.29, 1.82) is 5.26 Å². The molecule has 11 heteroatoms. The van der Waals surface area contributed by atoms with Gasteiger partial charge < -0.3 is 9.88 Å². The Balaban J connectivity index is 2.03. The number of aryl methyl sites for hydroxylation is 1. The third kappa shape index (κ3) is 5.11. The molecule has 3 rings (SSSR count). The van der Waals surface area contributed by atoms with E-state index in [1.165, 1.54) is 17.4 Å². The molecular weight excluding hydrogens is 426 g/mol. The Hall–Kier alpha value is -3.49. The van der Waals surface area contributed by atoms with E-state index in [9.17, 15) is 18.0 Å². The van der Waals surface area contributed by atoms with Gasteiger partial charge in [0, 0.05) is 22.3 Å². The van der Waals surface area contributed by atoms with Gasteiger partial charge in [-0.3, -0.25) is 9.59 Å². The maximum atomic E-state index is 12.3. The van der Waals surface area contributed by atoms with Crippen LogP contribution in [0.25, 0.3) is 0 Å². The molecule has 0 atom stereocenters. The monoisotopic (exact) mass is 443 g/mol. The van der Waals surface area contributed by atoms with Crippen LogP contribution in [0.5, 0.6) is 0 Å². The summed E-state index contributed by atoms with van der Waals surface area (Å²) in [5.74, 6) is -0.814. The van der Waals surface area contributed by atoms with Gasteiger partial charge in [0.15, 0.2) is 5.13 Å². The van der Waals surface area contributed by atoms with Crippen molar-refractivity contribution in [3.63, 3.8) is 0 Å². The van der Waals surface area contributed by atoms with Gasteiger partial charge in [-0.15, -0.1) is 11.3 Å². The van der Waals surface area contributed by atoms with Crippen LogP contribution in [0.2, 0.25) is 0 Å². The fraction of sp³-hybridized carbons (Fsp3) is 0.158. The first-order valence-corrected chi connectivity index (χ1v) is 11.3. The van der Waals surface area contributed by atoms with Crippen LogP contribution in [0.4, 0.5) is 10.8 Å². The summed E-state index contributed by atoms with van der Waals surface area (Å²) < 4.78 is 24.7. The van der Waals surface area contributed by atoms with Gasteiger partial charge in [0.1, 0.15) is 5.69 Å². The van der Waals surface area contributed by atoms with Crippen molar-refractivity contribution in [1.82, 2.24) is 14.7 Å². The third-order valence-electron chi connectivity index (χ3n) is 3.97. The van der Waals surface area contributed by atoms with E-state index in [1.54, 1.807) is 48.2 Å². The average molecular weight is 444 g/mol. The number of benzene rings is 1. The van der Waals surface area contributed by atoms with Crippen LogP contribution >= 0.6 is 11.3 Å². The predicted octanol–water partition coefficient (Wildman–Crippen LogP) is 2.04. The van der Waals surface area contributed by atoms with E-state index in [4.69, 9.17) is 5.26 Å². The van der Waals surface area contributed by atoms with Gasteiger partial charge in [0.05, 0.1) is 24.4 Å². The highest BCUT2D eigenvalue weighted by molar-refractivity contribution is 7.89. The van der Waals surface area contributed by atoms with Gasteiger partial charge in [-0.1, -0.05) is 6.07 Å². The molecule has 0 fully saturated rings. The molecule has 0 aliphatic heterocycles. The zero-order chi connectivity index (χ0) is 21.9. The number of pyridine rings is 1. The number of hydrogen-bond donors (Lipinski definition) is 2. The predicted molar refractivity (Wildman–Crippen MR) is 113 cm³/mol. The lowest BCUT2D eigenvalue weighted by Crippen LogP contribution is -2.30. The fourth-order valence-corrected chi connectivity index (χ4v) is 4.03. The molecule has 2 heterocycles. The van der Waals surface area contributed by atoms with E-state index in [2.05, 4.69) is 16.0 Å². The highest BCUT2D eigenvalue weighted by Crippen LogP contribution is 2.33. The molecule has 0 spiro atoms. The topological polar surface area (TPSA) is 136 Å². The number of sulfonamides is 1. The zero-order valence-corrected chi connectivity index (χ0v) is 17.7. The lowest BCUT2D eigenvalue weighted by molar-refractivity contribution is 0.0977. The number of hydrogen-bond acceptors (Lipinski definition) is 8. The van der Waals surface area contributed by atoms with E-state index in [1.807, 2.05) is 4.72 Å². The minimum atomic E-state index is -3.73. The van der Waals surface area contributed by atoms with Crippen LogP contribution in [0.3, 0.4) is 0 Å². The third-order valence-corrected chi connectivity index (χ3v) is 5.52. The SMILES string of the molecule is Cc1sc(N(Cc2cccc(=O)[nH]2)c2ccc(C#N)cc2)nc1C(=O)NS(C)(=O)=O. The minimum Gasteiger partial charge on any atom is -0.324 e. The molecule has 2 N–H and O–H groups in total. The van der Waals surface area contributed by atoms with E-state index >= 15 is 0 Å². The minimum absolute atomic E-state index is 0.000579. The highest BCUT2D eigenvalue weighted by atomic mass is 32.2. The highest BCUT2D eigenvalue weighted by Gasteiger charge is 2.22. The van der Waals surface area contributed by atoms with Gasteiger partial charge in [-0.05, 0) is 37.3 Å². The molecule has 3 aromatic rings. The summed E-state index contributed by atoms with van der Waals surface area (Å²) >= 11 is 1.21. The first kappa shape index (κ1) is 21.2. The second-order valence-electron chi connectivity index (χ2n) is 6.39. The van der Waals surface area contributed by atoms with Crippen LogP contribution < -0.4 is 15.2 Å². The van der Waals surface area contributed by atoms with Crippen molar-refractivity contribution in [3.05, 3.63) is 74.6 Å². The number of H-pyrrole nitrogens is 1. The maximum Gasteiger partial charge on any atom is 0.284 e. The lowest BCUT2D eigenvalue weighted by Gasteiger charge is -2.22. The standard InChI is InChI=1S/C19H17N5O4S2/c1-12-17(18(26)23-30(2,27)28)22-19(29-12)24(11-14-4-3-5-16(25)21-14)15-8-6-13(10-20)7-9-15/h3-9H,11H2,1-2H3,(H,21,25)(H,23,26). The van der Waals surface area contributed by atoms with Gasteiger partial charge >= 0.3 is 0 Å². The Morgan fingerprint density at radius 1 is 1.27 bits per heavy atom. The zero-order valence-electron chi connectivity index (χ0n) is 16.0. The Morgan fingerprint density at radius 2 is 1.97 bits per heavy atom. The van der Waals surface area contributed by atoms with E-state index in [-0.39, 0.29) is 17.8 Å². The van der Waals surface area contributed by atoms with Crippen LogP contribution in [-0.4, -0.2) is 30.5 Å². The number of carbonyl (C=O) groups is 1. The summed E-state index contributed by atoms with van der Waals surface area (Å²) in [6.07, 6.45) is 0.891. The Kier molecular flexibility index (Phi) is 6.00. The van der Waals surface area contributed by atoms with Gasteiger partial charge in [0.2, 0.25) is 15.6 Å². The number of carbonyl (C=O) groups excluding carboxylic acids is 1. The summed E-state index contributed by atoms with van der Waals surface area (Å²) in [5.41, 5.74) is 1.52. The van der Waals surface area contributed by atoms with Crippen molar-refractivity contribution in [2.75, 3.05) is 11.2 Å². The maximum absolute atomic E-state index is 12.3. The Labute approximate surface area is 176 Å². The second-order valence-corrected chi connectivity index (χ2v) is 9.32. The van der Waals surface area contributed by atoms with Gasteiger partial charge in [-0.25, -0.2) is 18.1 Å². The number of nitriles is 1. The van der Waals surface area contributed by atoms with E-state index in [0.717, 1.165) is 6.26 Å². The van der Waals surface area contributed by atoms with Crippen LogP contribution in [0.15, 0.2) is 47.3 Å². The average Bonchev–Trinajstić information content (AvgIpc) is 3.06. The summed E-state index contributed by atoms with van der Waals surface area (Å²) in [5, 5.41) is 9.47. The first-order valence-electron chi connectivity index (χ1n) is 8.62. The number of thiazole rings is 1. The second kappa shape index (κ2) is 8.48. The van der Waals surface area contributed by atoms with Crippen molar-refractivity contribution >= 4 is 38.1 Å². The molecule has 0 saturated carbocycles. The number of amides is 1. The number of aromatic nitrogens is 2. The van der Waals surface area contributed by atoms with E-state index in [0.29, 0.717) is 27.0 Å². The van der Waals surface area contributed by atoms with E-state index < -0.39 is 15.9 Å². The fourth-order valence-electron chi connectivity index (χ4n) is 2.67. The van der Waals surface area contributed by atoms with Gasteiger partial charge in [0.25, 0.3) is 5.91 Å². The summed E-state index contributed by atoms with van der Waals surface area (Å²) in [6.45, 7) is 1.90. The van der Waals surface area contributed by atoms with Crippen molar-refractivity contribution in [2.24, 2.45) is 0 Å². The van der Waals surface area contributed by atoms with Crippen molar-refractivity contribution in [2.45, 2.75) is 13.5 Å². The molecule has 154 valence electrons. The normalized spacial score (nSPS) is 11.0. The molecule has 0 aliphatic carbocycles. The number of nitrogens with one attached hydrogen (secondary N) is 2. The summed E-state index contributed by atoms with van der Waals surface area (Å²) in [7, 11) is -3.73. The Bertz CT molecular complexity index is 1290. The molecule has 0 aliphatic rings.